The second kappa shape index (κ2) is 10.7. The molecule has 0 unspecified atom stereocenters. The first kappa shape index (κ1) is 23.8. The van der Waals surface area contributed by atoms with E-state index in [0.29, 0.717) is 11.3 Å². The highest BCUT2D eigenvalue weighted by Gasteiger charge is 2.18. The molecule has 0 aliphatic carbocycles. The number of amides is 1. The van der Waals surface area contributed by atoms with Crippen LogP contribution in [0.4, 0.5) is 5.69 Å². The maximum Gasteiger partial charge on any atom is 0.415 e. The van der Waals surface area contributed by atoms with E-state index in [9.17, 15) is 9.59 Å². The molecule has 1 atom stereocenters. The molecule has 4 aromatic rings. The fourth-order valence-corrected chi connectivity index (χ4v) is 3.33. The van der Waals surface area contributed by atoms with Gasteiger partial charge in [-0.3, -0.25) is 9.59 Å². The van der Waals surface area contributed by atoms with E-state index in [1.807, 2.05) is 30.3 Å². The normalized spacial score (nSPS) is 12.0. The Morgan fingerprint density at radius 3 is 2.54 bits per heavy atom. The van der Waals surface area contributed by atoms with Gasteiger partial charge in [-0.15, -0.1) is 5.10 Å². The van der Waals surface area contributed by atoms with Crippen LogP contribution in [-0.2, 0) is 4.79 Å². The molecule has 2 heterocycles. The topological polar surface area (TPSA) is 140 Å². The molecule has 0 saturated carbocycles. The van der Waals surface area contributed by atoms with Crippen molar-refractivity contribution in [2.24, 2.45) is 5.92 Å². The van der Waals surface area contributed by atoms with Crippen LogP contribution in [0.25, 0.3) is 22.6 Å². The molecule has 10 heteroatoms. The lowest BCUT2D eigenvalue weighted by Gasteiger charge is -2.23. The third-order valence-corrected chi connectivity index (χ3v) is 5.36. The zero-order valence-electron chi connectivity index (χ0n) is 19.4. The Balaban J connectivity index is 1.33. The lowest BCUT2D eigenvalue weighted by Crippen LogP contribution is -2.32. The number of carbonyl (C=O) groups excluding carboxylic acids is 1. The lowest BCUT2D eigenvalue weighted by atomic mass is 10.0. The summed E-state index contributed by atoms with van der Waals surface area (Å²) in [6, 6.07) is 16.3. The number of aromatic nitrogens is 2. The first-order valence-electron chi connectivity index (χ1n) is 11.2. The molecule has 2 aromatic carbocycles. The Labute approximate surface area is 201 Å². The highest BCUT2D eigenvalue weighted by molar-refractivity contribution is 5.94. The molecule has 0 fully saturated rings. The third kappa shape index (κ3) is 6.17. The number of furan rings is 1. The second-order valence-electron chi connectivity index (χ2n) is 8.30. The van der Waals surface area contributed by atoms with E-state index in [1.165, 1.54) is 0 Å². The number of fused-ring (bicyclic) bond motifs is 1. The average molecular weight is 479 g/mol. The van der Waals surface area contributed by atoms with Gasteiger partial charge in [0.2, 0.25) is 0 Å². The van der Waals surface area contributed by atoms with Crippen LogP contribution in [0, 0.1) is 5.92 Å². The van der Waals surface area contributed by atoms with E-state index < -0.39 is 5.97 Å². The van der Waals surface area contributed by atoms with Crippen molar-refractivity contribution in [1.29, 1.82) is 0 Å². The molecule has 10 nitrogen and oxygen atoms in total. The Kier molecular flexibility index (Phi) is 7.30. The van der Waals surface area contributed by atoms with Gasteiger partial charge in [0.05, 0.1) is 12.5 Å². The van der Waals surface area contributed by atoms with Crippen molar-refractivity contribution in [1.82, 2.24) is 15.5 Å². The molecule has 0 spiro atoms. The quantitative estimate of drug-likeness (QED) is 0.289. The molecular formula is C25H26N4O6. The first-order chi connectivity index (χ1) is 16.9. The molecule has 35 heavy (non-hydrogen) atoms. The molecule has 3 N–H and O–H groups in total. The lowest BCUT2D eigenvalue weighted by molar-refractivity contribution is -0.136. The highest BCUT2D eigenvalue weighted by atomic mass is 16.6. The van der Waals surface area contributed by atoms with Gasteiger partial charge >= 0.3 is 12.0 Å². The zero-order chi connectivity index (χ0) is 24.8. The minimum atomic E-state index is -0.960. The van der Waals surface area contributed by atoms with Gasteiger partial charge in [-0.25, -0.2) is 0 Å². The van der Waals surface area contributed by atoms with Crippen LogP contribution in [0.15, 0.2) is 63.4 Å². The molecule has 1 amide bonds. The Hall–Kier alpha value is -4.34. The maximum atomic E-state index is 12.1. The number of para-hydroxylation sites is 1. The smallest absolute Gasteiger partial charge is 0.415 e. The SMILES string of the molecule is CC(C)[C@@H](COc1nnc(-c2cc3ccccc3o2)o1)Nc1ccc(C(=O)NCCC(=O)O)cc1. The minimum absolute atomic E-state index is 0.0429. The van der Waals surface area contributed by atoms with Crippen LogP contribution in [-0.4, -0.2) is 46.4 Å². The summed E-state index contributed by atoms with van der Waals surface area (Å²) in [6.45, 7) is 4.46. The van der Waals surface area contributed by atoms with Gasteiger partial charge in [-0.2, -0.15) is 0 Å². The standard InChI is InChI=1S/C25H26N4O6/c1-15(2)19(27-18-9-7-16(8-10-18)23(32)26-12-11-22(30)31)14-33-25-29-28-24(35-25)21-13-17-5-3-4-6-20(17)34-21/h3-10,13,15,19,27H,11-12,14H2,1-2H3,(H,26,32)(H,30,31)/t19-/m1/s1. The van der Waals surface area contributed by atoms with E-state index in [1.54, 1.807) is 24.3 Å². The van der Waals surface area contributed by atoms with Crippen LogP contribution in [0.1, 0.15) is 30.6 Å². The van der Waals surface area contributed by atoms with Crippen molar-refractivity contribution >= 4 is 28.5 Å². The number of carboxylic acid groups (broad SMARTS) is 1. The number of anilines is 1. The molecular weight excluding hydrogens is 452 g/mol. The summed E-state index contributed by atoms with van der Waals surface area (Å²) < 4.78 is 17.1. The number of aliphatic carboxylic acids is 1. The van der Waals surface area contributed by atoms with E-state index >= 15 is 0 Å². The summed E-state index contributed by atoms with van der Waals surface area (Å²) in [6.07, 6.45) is -0.0809. The molecule has 0 saturated heterocycles. The summed E-state index contributed by atoms with van der Waals surface area (Å²) in [5.74, 6) is -0.357. The fraction of sp³-hybridized carbons (Fsp3) is 0.280. The van der Waals surface area contributed by atoms with Crippen LogP contribution in [0.3, 0.4) is 0 Å². The van der Waals surface area contributed by atoms with Gasteiger partial charge in [0.25, 0.3) is 11.8 Å². The predicted molar refractivity (Wildman–Crippen MR) is 128 cm³/mol. The summed E-state index contributed by atoms with van der Waals surface area (Å²) >= 11 is 0. The van der Waals surface area contributed by atoms with Crippen molar-refractivity contribution < 1.29 is 28.3 Å². The van der Waals surface area contributed by atoms with Gasteiger partial charge in [0, 0.05) is 23.2 Å². The fourth-order valence-electron chi connectivity index (χ4n) is 3.33. The van der Waals surface area contributed by atoms with Crippen molar-refractivity contribution in [3.8, 4) is 17.7 Å². The molecule has 0 aliphatic heterocycles. The van der Waals surface area contributed by atoms with Crippen LogP contribution in [0.5, 0.6) is 6.08 Å². The number of hydrogen-bond acceptors (Lipinski definition) is 8. The summed E-state index contributed by atoms with van der Waals surface area (Å²) in [5, 5.41) is 23.6. The largest absolute Gasteiger partial charge is 0.481 e. The van der Waals surface area contributed by atoms with E-state index in [4.69, 9.17) is 18.7 Å². The molecule has 182 valence electrons. The number of benzene rings is 2. The van der Waals surface area contributed by atoms with Crippen molar-refractivity contribution in [2.45, 2.75) is 26.3 Å². The van der Waals surface area contributed by atoms with Crippen LogP contribution < -0.4 is 15.4 Å². The van der Waals surface area contributed by atoms with Crippen LogP contribution >= 0.6 is 0 Å². The van der Waals surface area contributed by atoms with E-state index in [0.717, 1.165) is 16.7 Å². The van der Waals surface area contributed by atoms with E-state index in [-0.39, 0.29) is 49.4 Å². The zero-order valence-corrected chi connectivity index (χ0v) is 19.4. The van der Waals surface area contributed by atoms with E-state index in [2.05, 4.69) is 34.7 Å². The van der Waals surface area contributed by atoms with Crippen molar-refractivity contribution in [3.63, 3.8) is 0 Å². The highest BCUT2D eigenvalue weighted by Crippen LogP contribution is 2.28. The Morgan fingerprint density at radius 2 is 1.83 bits per heavy atom. The summed E-state index contributed by atoms with van der Waals surface area (Å²) in [4.78, 5) is 22.7. The molecule has 0 bridgehead atoms. The monoisotopic (exact) mass is 478 g/mol. The average Bonchev–Trinajstić information content (AvgIpc) is 3.48. The Bertz CT molecular complexity index is 1260. The number of carbonyl (C=O) groups is 2. The maximum absolute atomic E-state index is 12.1. The molecule has 4 rings (SSSR count). The molecule has 0 aliphatic rings. The second-order valence-corrected chi connectivity index (χ2v) is 8.30. The number of nitrogens with one attached hydrogen (secondary N) is 2. The minimum Gasteiger partial charge on any atom is -0.481 e. The summed E-state index contributed by atoms with van der Waals surface area (Å²) in [5.41, 5.74) is 1.99. The predicted octanol–water partition coefficient (Wildman–Crippen LogP) is 4.20. The summed E-state index contributed by atoms with van der Waals surface area (Å²) in [7, 11) is 0. The number of hydrogen-bond donors (Lipinski definition) is 3. The first-order valence-corrected chi connectivity index (χ1v) is 11.2. The molecule has 0 radical (unpaired) electrons. The molecule has 2 aromatic heterocycles. The van der Waals surface area contributed by atoms with Gasteiger partial charge in [0.1, 0.15) is 12.2 Å². The number of ether oxygens (including phenoxy) is 1. The van der Waals surface area contributed by atoms with Crippen molar-refractivity contribution in [2.75, 3.05) is 18.5 Å². The van der Waals surface area contributed by atoms with Gasteiger partial charge in [0.15, 0.2) is 5.76 Å². The number of rotatable bonds is 11. The van der Waals surface area contributed by atoms with Gasteiger partial charge < -0.3 is 29.3 Å². The van der Waals surface area contributed by atoms with Gasteiger partial charge in [-0.05, 0) is 42.3 Å². The third-order valence-electron chi connectivity index (χ3n) is 5.36. The van der Waals surface area contributed by atoms with Crippen molar-refractivity contribution in [3.05, 3.63) is 60.2 Å². The van der Waals surface area contributed by atoms with Crippen LogP contribution in [0.2, 0.25) is 0 Å². The Morgan fingerprint density at radius 1 is 1.06 bits per heavy atom. The van der Waals surface area contributed by atoms with Gasteiger partial charge in [-0.1, -0.05) is 37.1 Å². The number of nitrogens with zero attached hydrogens (tertiary/aromatic N) is 2. The number of carboxylic acids is 1.